The second-order valence-electron chi connectivity index (χ2n) is 8.57. The molecule has 0 aliphatic rings. The Hall–Kier alpha value is -5.47. The van der Waals surface area contributed by atoms with Crippen molar-refractivity contribution in [2.75, 3.05) is 11.1 Å². The van der Waals surface area contributed by atoms with Crippen LogP contribution in [0.25, 0.3) is 11.2 Å². The number of nitrogens with one attached hydrogen (secondary N) is 3. The molecule has 2 heterocycles. The van der Waals surface area contributed by atoms with Crippen LogP contribution in [0.1, 0.15) is 34.0 Å². The van der Waals surface area contributed by atoms with Crippen molar-refractivity contribution in [3.05, 3.63) is 87.5 Å². The molecule has 2 aromatic heterocycles. The summed E-state index contributed by atoms with van der Waals surface area (Å²) in [7, 11) is 0. The Bertz CT molecular complexity index is 1660. The average molecular weight is 553 g/mol. The molecule has 0 aliphatic heterocycles. The van der Waals surface area contributed by atoms with Gasteiger partial charge in [-0.3, -0.25) is 19.4 Å². The lowest BCUT2D eigenvalue weighted by Gasteiger charge is -2.20. The number of hydrogen-bond acceptors (Lipinski definition) is 9. The second-order valence-corrected chi connectivity index (χ2v) is 8.57. The molecule has 0 spiro atoms. The third kappa shape index (κ3) is 6.32. The van der Waals surface area contributed by atoms with Gasteiger partial charge in [-0.05, 0) is 36.8 Å². The van der Waals surface area contributed by atoms with Gasteiger partial charge in [0.05, 0.1) is 24.4 Å². The van der Waals surface area contributed by atoms with Crippen molar-refractivity contribution >= 4 is 40.6 Å². The number of halogens is 2. The number of aromatic amines is 1. The van der Waals surface area contributed by atoms with Crippen LogP contribution in [0.4, 0.5) is 20.4 Å². The van der Waals surface area contributed by atoms with E-state index in [0.29, 0.717) is 17.4 Å². The molecule has 0 saturated heterocycles. The lowest BCUT2D eigenvalue weighted by Crippen LogP contribution is -2.42. The molecule has 0 radical (unpaired) electrons. The first-order chi connectivity index (χ1) is 19.0. The number of carbonyl (C=O) groups excluding carboxylic acids is 1. The van der Waals surface area contributed by atoms with Crippen LogP contribution in [-0.4, -0.2) is 54.0 Å². The number of aliphatic carboxylic acids is 2. The number of nitrogen functional groups attached to an aromatic ring is 1. The highest BCUT2D eigenvalue weighted by atomic mass is 19.1. The van der Waals surface area contributed by atoms with Crippen LogP contribution in [0.3, 0.4) is 0 Å². The molecule has 40 heavy (non-hydrogen) atoms. The Morgan fingerprint density at radius 1 is 1.02 bits per heavy atom. The zero-order valence-corrected chi connectivity index (χ0v) is 20.4. The second kappa shape index (κ2) is 11.5. The number of amides is 1. The number of H-pyrrole nitrogens is 1. The van der Waals surface area contributed by atoms with Gasteiger partial charge in [-0.25, -0.2) is 23.5 Å². The Morgan fingerprint density at radius 3 is 2.40 bits per heavy atom. The van der Waals surface area contributed by atoms with Crippen LogP contribution < -0.4 is 21.9 Å². The number of nitrogens with zero attached hydrogens (tertiary/aromatic N) is 3. The van der Waals surface area contributed by atoms with Gasteiger partial charge in [-0.1, -0.05) is 6.07 Å². The number of carbonyl (C=O) groups is 3. The molecule has 2 aromatic carbocycles. The minimum atomic E-state index is -1.68. The third-order valence-electron chi connectivity index (χ3n) is 5.82. The summed E-state index contributed by atoms with van der Waals surface area (Å²) in [5.41, 5.74) is 5.68. The maximum absolute atomic E-state index is 14.2. The molecular formula is C25H21F2N7O6. The predicted octanol–water partition coefficient (Wildman–Crippen LogP) is 1.63. The van der Waals surface area contributed by atoms with Crippen molar-refractivity contribution in [3.8, 4) is 0 Å². The van der Waals surface area contributed by atoms with Crippen LogP contribution >= 0.6 is 0 Å². The van der Waals surface area contributed by atoms with E-state index in [2.05, 4.69) is 30.6 Å². The molecule has 0 bridgehead atoms. The number of benzene rings is 2. The Balaban J connectivity index is 1.41. The molecule has 7 N–H and O–H groups in total. The van der Waals surface area contributed by atoms with Gasteiger partial charge in [0.2, 0.25) is 5.95 Å². The van der Waals surface area contributed by atoms with Gasteiger partial charge >= 0.3 is 11.9 Å². The smallest absolute Gasteiger partial charge is 0.326 e. The van der Waals surface area contributed by atoms with E-state index in [0.717, 1.165) is 12.1 Å². The minimum Gasteiger partial charge on any atom is -0.481 e. The van der Waals surface area contributed by atoms with Crippen LogP contribution in [0.2, 0.25) is 0 Å². The van der Waals surface area contributed by atoms with Crippen molar-refractivity contribution in [1.29, 1.82) is 0 Å². The summed E-state index contributed by atoms with van der Waals surface area (Å²) in [6.07, 6.45) is 0.730. The molecule has 0 fully saturated rings. The first kappa shape index (κ1) is 27.6. The molecule has 2 atom stereocenters. The zero-order chi connectivity index (χ0) is 29.0. The third-order valence-corrected chi connectivity index (χ3v) is 5.82. The van der Waals surface area contributed by atoms with E-state index in [1.165, 1.54) is 30.5 Å². The molecule has 13 nitrogen and oxygen atoms in total. The van der Waals surface area contributed by atoms with Gasteiger partial charge in [0, 0.05) is 22.9 Å². The summed E-state index contributed by atoms with van der Waals surface area (Å²) < 4.78 is 27.4. The summed E-state index contributed by atoms with van der Waals surface area (Å²) in [5, 5.41) is 24.4. The molecule has 1 unspecified atom stereocenters. The highest BCUT2D eigenvalue weighted by molar-refractivity contribution is 5.97. The van der Waals surface area contributed by atoms with E-state index < -0.39 is 59.0 Å². The maximum Gasteiger partial charge on any atom is 0.326 e. The molecule has 0 aliphatic carbocycles. The van der Waals surface area contributed by atoms with Crippen molar-refractivity contribution in [2.45, 2.75) is 24.9 Å². The Labute approximate surface area is 223 Å². The molecular weight excluding hydrogens is 532 g/mol. The summed E-state index contributed by atoms with van der Waals surface area (Å²) in [5.74, 6) is -7.69. The fourth-order valence-electron chi connectivity index (χ4n) is 3.83. The summed E-state index contributed by atoms with van der Waals surface area (Å²) >= 11 is 0. The van der Waals surface area contributed by atoms with Crippen molar-refractivity contribution < 1.29 is 33.4 Å². The number of carboxylic acids is 2. The monoisotopic (exact) mass is 553 g/mol. The Kier molecular flexibility index (Phi) is 7.93. The first-order valence-electron chi connectivity index (χ1n) is 11.6. The quantitative estimate of drug-likeness (QED) is 0.166. The fourth-order valence-corrected chi connectivity index (χ4v) is 3.83. The fraction of sp³-hybridized carbons (Fsp3) is 0.160. The van der Waals surface area contributed by atoms with Crippen molar-refractivity contribution in [1.82, 2.24) is 25.3 Å². The minimum absolute atomic E-state index is 0.0146. The summed E-state index contributed by atoms with van der Waals surface area (Å²) in [6.45, 7) is 0.163. The molecule has 1 amide bonds. The van der Waals surface area contributed by atoms with E-state index in [-0.39, 0.29) is 29.2 Å². The SMILES string of the molecule is Nc1nc2ncc(CNc3ccc(C(=O)N[C@@H](CC(C(=O)O)c4ccc(F)cc4F)C(=O)O)cc3)nc2c(=O)[nH]1. The van der Waals surface area contributed by atoms with E-state index in [4.69, 9.17) is 5.73 Å². The van der Waals surface area contributed by atoms with Crippen LogP contribution in [-0.2, 0) is 16.1 Å². The van der Waals surface area contributed by atoms with Crippen molar-refractivity contribution in [3.63, 3.8) is 0 Å². The van der Waals surface area contributed by atoms with E-state index >= 15 is 0 Å². The van der Waals surface area contributed by atoms with Gasteiger partial charge in [-0.2, -0.15) is 4.98 Å². The van der Waals surface area contributed by atoms with E-state index in [9.17, 15) is 38.2 Å². The topological polar surface area (TPSA) is 213 Å². The summed E-state index contributed by atoms with van der Waals surface area (Å²) in [6, 6.07) is 6.44. The normalized spacial score (nSPS) is 12.4. The number of carboxylic acid groups (broad SMARTS) is 2. The molecule has 15 heteroatoms. The van der Waals surface area contributed by atoms with Crippen molar-refractivity contribution in [2.24, 2.45) is 0 Å². The van der Waals surface area contributed by atoms with E-state index in [1.807, 2.05) is 0 Å². The number of rotatable bonds is 10. The average Bonchev–Trinajstić information content (AvgIpc) is 2.90. The predicted molar refractivity (Wildman–Crippen MR) is 136 cm³/mol. The van der Waals surface area contributed by atoms with Gasteiger partial charge in [0.15, 0.2) is 11.2 Å². The number of aromatic nitrogens is 4. The lowest BCUT2D eigenvalue weighted by atomic mass is 9.91. The first-order valence-corrected chi connectivity index (χ1v) is 11.6. The standard InChI is InChI=1S/C25H21F2N7O6/c26-12-3-6-15(17(27)7-12)16(23(37)38)8-18(24(39)40)32-21(35)11-1-4-13(5-2-11)29-9-14-10-30-20-19(31-14)22(36)34-25(28)33-20/h1-7,10,16,18,29H,8-9H2,(H,32,35)(H,37,38)(H,39,40)(H3,28,30,33,34,36)/t16?,18-/m0/s1. The summed E-state index contributed by atoms with van der Waals surface area (Å²) in [4.78, 5) is 62.7. The molecule has 206 valence electrons. The van der Waals surface area contributed by atoms with Gasteiger partial charge in [-0.15, -0.1) is 0 Å². The number of fused-ring (bicyclic) bond motifs is 1. The van der Waals surface area contributed by atoms with Gasteiger partial charge in [0.25, 0.3) is 11.5 Å². The van der Waals surface area contributed by atoms with Crippen LogP contribution in [0, 0.1) is 11.6 Å². The highest BCUT2D eigenvalue weighted by Crippen LogP contribution is 2.25. The number of anilines is 2. The number of nitrogens with two attached hydrogens (primary N) is 1. The van der Waals surface area contributed by atoms with Crippen LogP contribution in [0.5, 0.6) is 0 Å². The van der Waals surface area contributed by atoms with E-state index in [1.54, 1.807) is 0 Å². The zero-order valence-electron chi connectivity index (χ0n) is 20.4. The highest BCUT2D eigenvalue weighted by Gasteiger charge is 2.31. The molecule has 0 saturated carbocycles. The number of hydrogen-bond donors (Lipinski definition) is 6. The molecule has 4 rings (SSSR count). The van der Waals surface area contributed by atoms with Crippen LogP contribution in [0.15, 0.2) is 53.5 Å². The lowest BCUT2D eigenvalue weighted by molar-refractivity contribution is -0.141. The Morgan fingerprint density at radius 2 is 1.75 bits per heavy atom. The molecule has 4 aromatic rings. The van der Waals surface area contributed by atoms with Gasteiger partial charge in [0.1, 0.15) is 17.7 Å². The largest absolute Gasteiger partial charge is 0.481 e. The van der Waals surface area contributed by atoms with Gasteiger partial charge < -0.3 is 26.6 Å². The maximum atomic E-state index is 14.2.